The molecule has 0 aromatic heterocycles. The summed E-state index contributed by atoms with van der Waals surface area (Å²) in [5.41, 5.74) is -0.0582. The Labute approximate surface area is 133 Å². The first kappa shape index (κ1) is 17.2. The molecule has 0 spiro atoms. The maximum atomic E-state index is 13.7. The number of benzene rings is 1. The van der Waals surface area contributed by atoms with E-state index in [9.17, 15) is 17.6 Å². The topological polar surface area (TPSA) is 74.7 Å². The van der Waals surface area contributed by atoms with Gasteiger partial charge in [0, 0.05) is 23.7 Å². The van der Waals surface area contributed by atoms with Crippen LogP contribution < -0.4 is 0 Å². The van der Waals surface area contributed by atoms with Crippen LogP contribution in [-0.2, 0) is 20.6 Å². The molecule has 1 aromatic carbocycles. The number of aliphatic carboxylic acids is 1. The highest BCUT2D eigenvalue weighted by molar-refractivity contribution is 7.88. The molecular formula is C14H17ClFNO4S. The van der Waals surface area contributed by atoms with Crippen molar-refractivity contribution in [1.29, 1.82) is 0 Å². The Kier molecular flexibility index (Phi) is 5.09. The van der Waals surface area contributed by atoms with Gasteiger partial charge in [0.2, 0.25) is 10.0 Å². The highest BCUT2D eigenvalue weighted by Gasteiger charge is 2.36. The Morgan fingerprint density at radius 1 is 1.50 bits per heavy atom. The summed E-state index contributed by atoms with van der Waals surface area (Å²) < 4.78 is 39.8. The number of hydrogen-bond acceptors (Lipinski definition) is 3. The molecule has 1 aromatic rings. The van der Waals surface area contributed by atoms with Crippen molar-refractivity contribution >= 4 is 27.6 Å². The molecule has 0 amide bonds. The third-order valence-electron chi connectivity index (χ3n) is 3.97. The maximum Gasteiger partial charge on any atom is 0.306 e. The average molecular weight is 350 g/mol. The molecule has 0 radical (unpaired) electrons. The van der Waals surface area contributed by atoms with E-state index in [0.29, 0.717) is 0 Å². The fourth-order valence-corrected chi connectivity index (χ4v) is 4.67. The van der Waals surface area contributed by atoms with Gasteiger partial charge >= 0.3 is 5.97 Å². The summed E-state index contributed by atoms with van der Waals surface area (Å²) in [6.07, 6.45) is 0.251. The molecule has 2 rings (SSSR count). The van der Waals surface area contributed by atoms with Crippen molar-refractivity contribution in [2.24, 2.45) is 11.8 Å². The van der Waals surface area contributed by atoms with Crippen LogP contribution in [0, 0.1) is 17.7 Å². The van der Waals surface area contributed by atoms with Crippen LogP contribution in [0.25, 0.3) is 0 Å². The highest BCUT2D eigenvalue weighted by Crippen LogP contribution is 2.28. The fraction of sp³-hybridized carbons (Fsp3) is 0.500. The average Bonchev–Trinajstić information content (AvgIpc) is 2.42. The van der Waals surface area contributed by atoms with E-state index in [0.717, 1.165) is 6.07 Å². The third-order valence-corrected chi connectivity index (χ3v) is 6.09. The van der Waals surface area contributed by atoms with Gasteiger partial charge in [-0.2, -0.15) is 0 Å². The number of hydrogen-bond donors (Lipinski definition) is 1. The second kappa shape index (κ2) is 6.52. The lowest BCUT2D eigenvalue weighted by atomic mass is 9.88. The van der Waals surface area contributed by atoms with Crippen molar-refractivity contribution in [3.8, 4) is 0 Å². The molecule has 5 nitrogen and oxygen atoms in total. The largest absolute Gasteiger partial charge is 0.481 e. The van der Waals surface area contributed by atoms with Gasteiger partial charge in [0.1, 0.15) is 5.82 Å². The highest BCUT2D eigenvalue weighted by atomic mass is 35.5. The van der Waals surface area contributed by atoms with Gasteiger partial charge in [0.05, 0.1) is 11.7 Å². The third kappa shape index (κ3) is 3.59. The van der Waals surface area contributed by atoms with Crippen molar-refractivity contribution in [3.63, 3.8) is 0 Å². The summed E-state index contributed by atoms with van der Waals surface area (Å²) in [5.74, 6) is -2.95. The van der Waals surface area contributed by atoms with Gasteiger partial charge in [0.15, 0.2) is 0 Å². The number of sulfonamides is 1. The smallest absolute Gasteiger partial charge is 0.306 e. The normalized spacial score (nSPS) is 23.4. The van der Waals surface area contributed by atoms with Crippen molar-refractivity contribution in [2.75, 3.05) is 13.1 Å². The molecule has 1 N–H and O–H groups in total. The molecule has 0 aliphatic carbocycles. The van der Waals surface area contributed by atoms with Gasteiger partial charge in [-0.3, -0.25) is 4.79 Å². The van der Waals surface area contributed by atoms with E-state index >= 15 is 0 Å². The number of carbonyl (C=O) groups is 1. The summed E-state index contributed by atoms with van der Waals surface area (Å²) in [4.78, 5) is 11.1. The van der Waals surface area contributed by atoms with Gasteiger partial charge in [-0.25, -0.2) is 17.1 Å². The number of rotatable bonds is 4. The van der Waals surface area contributed by atoms with Crippen LogP contribution in [-0.4, -0.2) is 36.9 Å². The van der Waals surface area contributed by atoms with E-state index in [2.05, 4.69) is 0 Å². The Hall–Kier alpha value is -1.18. The maximum absolute atomic E-state index is 13.7. The molecule has 1 aliphatic heterocycles. The van der Waals surface area contributed by atoms with E-state index < -0.39 is 33.5 Å². The van der Waals surface area contributed by atoms with E-state index in [-0.39, 0.29) is 36.0 Å². The van der Waals surface area contributed by atoms with Gasteiger partial charge < -0.3 is 5.11 Å². The minimum absolute atomic E-state index is 0.0582. The molecule has 0 bridgehead atoms. The molecule has 2 atom stereocenters. The molecule has 22 heavy (non-hydrogen) atoms. The Morgan fingerprint density at radius 3 is 2.73 bits per heavy atom. The molecular weight excluding hydrogens is 333 g/mol. The molecule has 1 aliphatic rings. The van der Waals surface area contributed by atoms with E-state index in [1.165, 1.54) is 16.4 Å². The zero-order valence-electron chi connectivity index (χ0n) is 12.0. The van der Waals surface area contributed by atoms with Crippen LogP contribution in [0.1, 0.15) is 18.9 Å². The van der Waals surface area contributed by atoms with E-state index in [1.807, 2.05) is 0 Å². The number of carboxylic acid groups (broad SMARTS) is 1. The van der Waals surface area contributed by atoms with Gasteiger partial charge in [0.25, 0.3) is 0 Å². The van der Waals surface area contributed by atoms with Gasteiger partial charge in [-0.05, 0) is 24.5 Å². The van der Waals surface area contributed by atoms with Crippen LogP contribution in [0.4, 0.5) is 4.39 Å². The zero-order chi connectivity index (χ0) is 16.5. The predicted molar refractivity (Wildman–Crippen MR) is 80.5 cm³/mol. The Morgan fingerprint density at radius 2 is 2.18 bits per heavy atom. The minimum Gasteiger partial charge on any atom is -0.481 e. The second-order valence-corrected chi connectivity index (χ2v) is 7.90. The first-order valence-electron chi connectivity index (χ1n) is 6.86. The fourth-order valence-electron chi connectivity index (χ4n) is 2.67. The van der Waals surface area contributed by atoms with Crippen molar-refractivity contribution in [2.45, 2.75) is 19.1 Å². The first-order chi connectivity index (χ1) is 10.2. The lowest BCUT2D eigenvalue weighted by Gasteiger charge is -2.34. The molecule has 8 heteroatoms. The number of piperidine rings is 1. The predicted octanol–water partition coefficient (Wildman–Crippen LogP) is 2.35. The van der Waals surface area contributed by atoms with Crippen LogP contribution in [0.3, 0.4) is 0 Å². The molecule has 2 unspecified atom stereocenters. The monoisotopic (exact) mass is 349 g/mol. The number of halogens is 2. The van der Waals surface area contributed by atoms with Crippen LogP contribution in [0.2, 0.25) is 5.02 Å². The van der Waals surface area contributed by atoms with Crippen LogP contribution in [0.15, 0.2) is 18.2 Å². The Bertz CT molecular complexity index is 659. The zero-order valence-corrected chi connectivity index (χ0v) is 13.6. The molecule has 1 heterocycles. The SMILES string of the molecule is CC1CN(S(=O)(=O)Cc2c(F)cccc2Cl)CCC1C(=O)O. The Balaban J connectivity index is 2.17. The summed E-state index contributed by atoms with van der Waals surface area (Å²) in [5, 5.41) is 9.14. The minimum atomic E-state index is -3.75. The lowest BCUT2D eigenvalue weighted by molar-refractivity contribution is -0.144. The van der Waals surface area contributed by atoms with Crippen molar-refractivity contribution in [3.05, 3.63) is 34.6 Å². The first-order valence-corrected chi connectivity index (χ1v) is 8.84. The lowest BCUT2D eigenvalue weighted by Crippen LogP contribution is -2.45. The standard InChI is InChI=1S/C14H17ClFNO4S/c1-9-7-17(6-5-10(9)14(18)19)22(20,21)8-11-12(15)3-2-4-13(11)16/h2-4,9-10H,5-8H2,1H3,(H,18,19). The summed E-state index contributed by atoms with van der Waals surface area (Å²) in [6, 6.07) is 4.01. The molecule has 1 fully saturated rings. The summed E-state index contributed by atoms with van der Waals surface area (Å²) >= 11 is 5.87. The molecule has 1 saturated heterocycles. The summed E-state index contributed by atoms with van der Waals surface area (Å²) in [6.45, 7) is 1.94. The molecule has 0 saturated carbocycles. The van der Waals surface area contributed by atoms with Gasteiger partial charge in [-0.15, -0.1) is 0 Å². The molecule has 122 valence electrons. The van der Waals surface area contributed by atoms with E-state index in [4.69, 9.17) is 16.7 Å². The second-order valence-electron chi connectivity index (χ2n) is 5.53. The van der Waals surface area contributed by atoms with E-state index in [1.54, 1.807) is 6.92 Å². The number of nitrogens with zero attached hydrogens (tertiary/aromatic N) is 1. The van der Waals surface area contributed by atoms with Crippen molar-refractivity contribution < 1.29 is 22.7 Å². The van der Waals surface area contributed by atoms with Crippen molar-refractivity contribution in [1.82, 2.24) is 4.31 Å². The quantitative estimate of drug-likeness (QED) is 0.905. The summed E-state index contributed by atoms with van der Waals surface area (Å²) in [7, 11) is -3.75. The van der Waals surface area contributed by atoms with Gasteiger partial charge in [-0.1, -0.05) is 24.6 Å². The van der Waals surface area contributed by atoms with Crippen LogP contribution in [0.5, 0.6) is 0 Å². The number of carboxylic acids is 1. The van der Waals surface area contributed by atoms with Crippen LogP contribution >= 0.6 is 11.6 Å².